The lowest BCUT2D eigenvalue weighted by atomic mass is 10.3. The molecule has 0 aliphatic carbocycles. The van der Waals surface area contributed by atoms with E-state index in [4.69, 9.17) is 4.74 Å². The fourth-order valence-corrected chi connectivity index (χ4v) is 2.12. The number of nitrogens with zero attached hydrogens (tertiary/aromatic N) is 1. The van der Waals surface area contributed by atoms with Gasteiger partial charge in [0.05, 0.1) is 9.40 Å². The average molecular weight is 420 g/mol. The number of non-ortho nitro benzene ring substituents is 1. The van der Waals surface area contributed by atoms with Crippen LogP contribution in [0.1, 0.15) is 0 Å². The molecule has 0 fully saturated rings. The van der Waals surface area contributed by atoms with E-state index in [0.717, 1.165) is 3.57 Å². The Bertz CT molecular complexity index is 586. The van der Waals surface area contributed by atoms with E-state index in [1.165, 1.54) is 12.1 Å². The minimum atomic E-state index is -0.445. The van der Waals surface area contributed by atoms with Crippen LogP contribution >= 0.6 is 38.5 Å². The first-order valence-corrected chi connectivity index (χ1v) is 6.81. The van der Waals surface area contributed by atoms with Crippen molar-refractivity contribution in [2.75, 3.05) is 0 Å². The first-order valence-electron chi connectivity index (χ1n) is 4.93. The van der Waals surface area contributed by atoms with Gasteiger partial charge in [-0.15, -0.1) is 0 Å². The van der Waals surface area contributed by atoms with Crippen LogP contribution < -0.4 is 4.74 Å². The van der Waals surface area contributed by atoms with Crippen molar-refractivity contribution < 1.29 is 9.66 Å². The van der Waals surface area contributed by atoms with Crippen molar-refractivity contribution in [2.24, 2.45) is 0 Å². The molecular formula is C12H7BrINO3. The standard InChI is InChI=1S/C12H7BrINO3/c13-11-7-9(15(16)17)3-6-12(11)18-10-4-1-8(14)2-5-10/h1-7H. The summed E-state index contributed by atoms with van der Waals surface area (Å²) in [6.07, 6.45) is 0. The number of hydrogen-bond donors (Lipinski definition) is 0. The fourth-order valence-electron chi connectivity index (χ4n) is 1.32. The van der Waals surface area contributed by atoms with E-state index in [1.807, 2.05) is 24.3 Å². The molecule has 4 nitrogen and oxygen atoms in total. The number of hydrogen-bond acceptors (Lipinski definition) is 3. The SMILES string of the molecule is O=[N+]([O-])c1ccc(Oc2ccc(I)cc2)c(Br)c1. The highest BCUT2D eigenvalue weighted by Crippen LogP contribution is 2.32. The summed E-state index contributed by atoms with van der Waals surface area (Å²) in [6, 6.07) is 11.9. The third-order valence-electron chi connectivity index (χ3n) is 2.17. The van der Waals surface area contributed by atoms with Crippen LogP contribution in [-0.2, 0) is 0 Å². The molecule has 0 saturated carbocycles. The summed E-state index contributed by atoms with van der Waals surface area (Å²) in [4.78, 5) is 10.2. The Labute approximate surface area is 125 Å². The van der Waals surface area contributed by atoms with E-state index in [2.05, 4.69) is 38.5 Å². The molecule has 0 atom stereocenters. The summed E-state index contributed by atoms with van der Waals surface area (Å²) in [5.74, 6) is 1.23. The molecule has 0 saturated heterocycles. The van der Waals surface area contributed by atoms with Gasteiger partial charge < -0.3 is 4.74 Å². The number of nitro benzene ring substituents is 1. The predicted molar refractivity (Wildman–Crippen MR) is 80.0 cm³/mol. The molecule has 0 radical (unpaired) electrons. The highest BCUT2D eigenvalue weighted by molar-refractivity contribution is 14.1. The summed E-state index contributed by atoms with van der Waals surface area (Å²) in [5, 5.41) is 10.6. The Hall–Kier alpha value is -1.15. The van der Waals surface area contributed by atoms with Gasteiger partial charge in [-0.05, 0) is 68.9 Å². The molecule has 92 valence electrons. The number of halogens is 2. The number of nitro groups is 1. The molecule has 2 aromatic rings. The van der Waals surface area contributed by atoms with Gasteiger partial charge in [-0.1, -0.05) is 0 Å². The van der Waals surface area contributed by atoms with Crippen molar-refractivity contribution in [2.45, 2.75) is 0 Å². The summed E-state index contributed by atoms with van der Waals surface area (Å²) in [7, 11) is 0. The summed E-state index contributed by atoms with van der Waals surface area (Å²) in [5.41, 5.74) is 0.0248. The molecule has 18 heavy (non-hydrogen) atoms. The Balaban J connectivity index is 2.24. The molecule has 0 N–H and O–H groups in total. The molecule has 0 aromatic heterocycles. The van der Waals surface area contributed by atoms with Gasteiger partial charge in [-0.2, -0.15) is 0 Å². The zero-order valence-corrected chi connectivity index (χ0v) is 12.7. The van der Waals surface area contributed by atoms with Crippen LogP contribution in [-0.4, -0.2) is 4.92 Å². The van der Waals surface area contributed by atoms with Crippen LogP contribution in [0.5, 0.6) is 11.5 Å². The third-order valence-corrected chi connectivity index (χ3v) is 3.51. The second-order valence-corrected chi connectivity index (χ2v) is 5.53. The Morgan fingerprint density at radius 1 is 1.17 bits per heavy atom. The van der Waals surface area contributed by atoms with E-state index in [9.17, 15) is 10.1 Å². The van der Waals surface area contributed by atoms with Crippen molar-refractivity contribution in [3.05, 3.63) is 60.6 Å². The van der Waals surface area contributed by atoms with Gasteiger partial charge in [0, 0.05) is 15.7 Å². The van der Waals surface area contributed by atoms with E-state index >= 15 is 0 Å². The molecule has 2 rings (SSSR count). The van der Waals surface area contributed by atoms with Gasteiger partial charge in [-0.3, -0.25) is 10.1 Å². The number of rotatable bonds is 3. The lowest BCUT2D eigenvalue weighted by Crippen LogP contribution is -1.90. The van der Waals surface area contributed by atoms with Gasteiger partial charge in [-0.25, -0.2) is 0 Å². The highest BCUT2D eigenvalue weighted by Gasteiger charge is 2.10. The van der Waals surface area contributed by atoms with Crippen LogP contribution in [0.4, 0.5) is 5.69 Å². The minimum Gasteiger partial charge on any atom is -0.456 e. The Kier molecular flexibility index (Phi) is 4.18. The molecule has 0 unspecified atom stereocenters. The molecule has 0 aliphatic rings. The molecule has 0 heterocycles. The second kappa shape index (κ2) is 5.66. The van der Waals surface area contributed by atoms with Crippen molar-refractivity contribution in [1.29, 1.82) is 0 Å². The number of ether oxygens (including phenoxy) is 1. The van der Waals surface area contributed by atoms with Crippen LogP contribution in [0, 0.1) is 13.7 Å². The average Bonchev–Trinajstić information content (AvgIpc) is 2.34. The smallest absolute Gasteiger partial charge is 0.270 e. The largest absolute Gasteiger partial charge is 0.456 e. The maximum atomic E-state index is 10.6. The minimum absolute atomic E-state index is 0.0248. The quantitative estimate of drug-likeness (QED) is 0.409. The van der Waals surface area contributed by atoms with E-state index < -0.39 is 4.92 Å². The summed E-state index contributed by atoms with van der Waals surface area (Å²) < 4.78 is 7.29. The highest BCUT2D eigenvalue weighted by atomic mass is 127. The molecular weight excluding hydrogens is 413 g/mol. The van der Waals surface area contributed by atoms with Gasteiger partial charge in [0.2, 0.25) is 0 Å². The maximum absolute atomic E-state index is 10.6. The lowest BCUT2D eigenvalue weighted by molar-refractivity contribution is -0.384. The van der Waals surface area contributed by atoms with Crippen LogP contribution in [0.25, 0.3) is 0 Å². The van der Waals surface area contributed by atoms with Crippen molar-refractivity contribution in [3.63, 3.8) is 0 Å². The van der Waals surface area contributed by atoms with Crippen molar-refractivity contribution in [3.8, 4) is 11.5 Å². The van der Waals surface area contributed by atoms with Crippen LogP contribution in [0.15, 0.2) is 46.9 Å². The molecule has 0 amide bonds. The van der Waals surface area contributed by atoms with E-state index in [0.29, 0.717) is 16.0 Å². The zero-order chi connectivity index (χ0) is 13.1. The lowest BCUT2D eigenvalue weighted by Gasteiger charge is -2.07. The molecule has 0 aliphatic heterocycles. The first-order chi connectivity index (χ1) is 8.56. The second-order valence-electron chi connectivity index (χ2n) is 3.43. The fraction of sp³-hybridized carbons (Fsp3) is 0. The topological polar surface area (TPSA) is 52.4 Å². The van der Waals surface area contributed by atoms with Crippen LogP contribution in [0.3, 0.4) is 0 Å². The Morgan fingerprint density at radius 3 is 2.39 bits per heavy atom. The van der Waals surface area contributed by atoms with Crippen molar-refractivity contribution >= 4 is 44.2 Å². The molecule has 6 heteroatoms. The van der Waals surface area contributed by atoms with Crippen LogP contribution in [0.2, 0.25) is 0 Å². The monoisotopic (exact) mass is 419 g/mol. The first kappa shape index (κ1) is 13.3. The summed E-state index contributed by atoms with van der Waals surface area (Å²) in [6.45, 7) is 0. The Morgan fingerprint density at radius 2 is 1.83 bits per heavy atom. The van der Waals surface area contributed by atoms with Gasteiger partial charge >= 0.3 is 0 Å². The van der Waals surface area contributed by atoms with E-state index in [1.54, 1.807) is 6.07 Å². The van der Waals surface area contributed by atoms with Gasteiger partial charge in [0.1, 0.15) is 11.5 Å². The van der Waals surface area contributed by atoms with Crippen molar-refractivity contribution in [1.82, 2.24) is 0 Å². The maximum Gasteiger partial charge on any atom is 0.270 e. The summed E-state index contributed by atoms with van der Waals surface area (Å²) >= 11 is 5.46. The van der Waals surface area contributed by atoms with Gasteiger partial charge in [0.25, 0.3) is 5.69 Å². The van der Waals surface area contributed by atoms with Gasteiger partial charge in [0.15, 0.2) is 0 Å². The normalized spacial score (nSPS) is 10.1. The predicted octanol–water partition coefficient (Wildman–Crippen LogP) is 4.75. The molecule has 0 spiro atoms. The van der Waals surface area contributed by atoms with E-state index in [-0.39, 0.29) is 5.69 Å². The molecule has 0 bridgehead atoms. The zero-order valence-electron chi connectivity index (χ0n) is 8.97. The number of benzene rings is 2. The third kappa shape index (κ3) is 3.20. The molecule has 2 aromatic carbocycles.